The molecule has 0 atom stereocenters. The van der Waals surface area contributed by atoms with Gasteiger partial charge in [-0.3, -0.25) is 0 Å². The molecule has 0 bridgehead atoms. The molecule has 0 radical (unpaired) electrons. The van der Waals surface area contributed by atoms with E-state index in [4.69, 9.17) is 33.2 Å². The number of halogens is 2. The maximum atomic E-state index is 8.88. The second kappa shape index (κ2) is 6.14. The zero-order chi connectivity index (χ0) is 12.9. The minimum Gasteiger partial charge on any atom is -0.493 e. The lowest BCUT2D eigenvalue weighted by molar-refractivity contribution is 0.263. The molecule has 0 saturated carbocycles. The van der Waals surface area contributed by atoms with Gasteiger partial charge < -0.3 is 4.74 Å². The van der Waals surface area contributed by atoms with E-state index >= 15 is 0 Å². The number of hydrogen-bond acceptors (Lipinski definition) is 2. The summed E-state index contributed by atoms with van der Waals surface area (Å²) >= 11 is 11.7. The average molecular weight is 272 g/mol. The first-order chi connectivity index (χ1) is 7.98. The summed E-state index contributed by atoms with van der Waals surface area (Å²) in [6, 6.07) is 7.60. The molecule has 0 aliphatic carbocycles. The summed E-state index contributed by atoms with van der Waals surface area (Å²) in [5.41, 5.74) is 0.502. The first-order valence-electron chi connectivity index (χ1n) is 5.37. The molecule has 92 valence electrons. The van der Waals surface area contributed by atoms with Gasteiger partial charge in [-0.2, -0.15) is 5.26 Å². The Labute approximate surface area is 112 Å². The molecule has 0 spiro atoms. The summed E-state index contributed by atoms with van der Waals surface area (Å²) in [5, 5.41) is 9.53. The third-order valence-corrected chi connectivity index (χ3v) is 2.98. The van der Waals surface area contributed by atoms with Crippen LogP contribution in [0.25, 0.3) is 0 Å². The van der Waals surface area contributed by atoms with Gasteiger partial charge in [-0.1, -0.05) is 11.6 Å². The molecule has 0 aliphatic heterocycles. The van der Waals surface area contributed by atoms with Crippen molar-refractivity contribution >= 4 is 23.2 Å². The normalized spacial score (nSPS) is 11.0. The molecule has 0 N–H and O–H groups in total. The van der Waals surface area contributed by atoms with E-state index in [1.54, 1.807) is 18.2 Å². The summed E-state index contributed by atoms with van der Waals surface area (Å²) in [6.45, 7) is 4.27. The summed E-state index contributed by atoms with van der Waals surface area (Å²) in [6.07, 6.45) is 0.674. The standard InChI is InChI=1S/C13H15Cl2NO/c1-13(2,9-16)5-6-17-12-4-3-11(15)7-10(12)8-14/h3-4,7H,5-6,8H2,1-2H3. The molecular weight excluding hydrogens is 257 g/mol. The monoisotopic (exact) mass is 271 g/mol. The molecular formula is C13H15Cl2NO. The van der Waals surface area contributed by atoms with Gasteiger partial charge in [-0.05, 0) is 38.5 Å². The molecule has 0 amide bonds. The van der Waals surface area contributed by atoms with E-state index < -0.39 is 0 Å². The Kier molecular flexibility index (Phi) is 5.11. The number of rotatable bonds is 5. The second-order valence-corrected chi connectivity index (χ2v) is 5.18. The van der Waals surface area contributed by atoms with Crippen LogP contribution in [-0.4, -0.2) is 6.61 Å². The molecule has 0 unspecified atom stereocenters. The van der Waals surface area contributed by atoms with E-state index in [2.05, 4.69) is 6.07 Å². The van der Waals surface area contributed by atoms with E-state index in [1.165, 1.54) is 0 Å². The lowest BCUT2D eigenvalue weighted by atomic mass is 9.92. The molecule has 1 aromatic carbocycles. The van der Waals surface area contributed by atoms with Gasteiger partial charge in [0.05, 0.1) is 24.0 Å². The molecule has 0 aliphatic rings. The Balaban J connectivity index is 2.61. The lowest BCUT2D eigenvalue weighted by Crippen LogP contribution is -2.13. The fourth-order valence-electron chi connectivity index (χ4n) is 1.27. The van der Waals surface area contributed by atoms with Crippen LogP contribution in [0.15, 0.2) is 18.2 Å². The summed E-state index contributed by atoms with van der Waals surface area (Å²) < 4.78 is 5.63. The van der Waals surface area contributed by atoms with Crippen LogP contribution in [0.1, 0.15) is 25.8 Å². The summed E-state index contributed by atoms with van der Waals surface area (Å²) in [7, 11) is 0. The Morgan fingerprint density at radius 3 is 2.71 bits per heavy atom. The van der Waals surface area contributed by atoms with Gasteiger partial charge in [0.2, 0.25) is 0 Å². The zero-order valence-corrected chi connectivity index (χ0v) is 11.5. The third kappa shape index (κ3) is 4.46. The Hall–Kier alpha value is -0.910. The number of benzene rings is 1. The predicted octanol–water partition coefficient (Wildman–Crippen LogP) is 4.40. The first-order valence-corrected chi connectivity index (χ1v) is 6.28. The highest BCUT2D eigenvalue weighted by atomic mass is 35.5. The summed E-state index contributed by atoms with van der Waals surface area (Å²) in [5.74, 6) is 1.09. The van der Waals surface area contributed by atoms with Crippen molar-refractivity contribution in [3.8, 4) is 11.8 Å². The van der Waals surface area contributed by atoms with Crippen LogP contribution in [0.3, 0.4) is 0 Å². The average Bonchev–Trinajstić information content (AvgIpc) is 2.30. The Bertz CT molecular complexity index is 424. The highest BCUT2D eigenvalue weighted by Crippen LogP contribution is 2.26. The molecule has 0 saturated heterocycles. The molecule has 1 aromatic rings. The molecule has 17 heavy (non-hydrogen) atoms. The maximum absolute atomic E-state index is 8.88. The van der Waals surface area contributed by atoms with Crippen LogP contribution < -0.4 is 4.74 Å². The smallest absolute Gasteiger partial charge is 0.123 e. The Morgan fingerprint density at radius 1 is 1.41 bits per heavy atom. The van der Waals surface area contributed by atoms with E-state index in [0.717, 1.165) is 11.3 Å². The van der Waals surface area contributed by atoms with Gasteiger partial charge >= 0.3 is 0 Å². The minimum atomic E-state index is -0.368. The first kappa shape index (κ1) is 14.2. The van der Waals surface area contributed by atoms with Crippen molar-refractivity contribution in [1.82, 2.24) is 0 Å². The van der Waals surface area contributed by atoms with E-state index in [1.807, 2.05) is 13.8 Å². The van der Waals surface area contributed by atoms with Gasteiger partial charge in [0, 0.05) is 10.6 Å². The quantitative estimate of drug-likeness (QED) is 0.744. The summed E-state index contributed by atoms with van der Waals surface area (Å²) in [4.78, 5) is 0. The number of nitriles is 1. The minimum absolute atomic E-state index is 0.359. The Morgan fingerprint density at radius 2 is 2.12 bits per heavy atom. The van der Waals surface area contributed by atoms with E-state index in [-0.39, 0.29) is 5.41 Å². The van der Waals surface area contributed by atoms with Gasteiger partial charge in [-0.25, -0.2) is 0 Å². The SMILES string of the molecule is CC(C)(C#N)CCOc1ccc(Cl)cc1CCl. The molecule has 1 rings (SSSR count). The van der Waals surface area contributed by atoms with Gasteiger partial charge in [0.1, 0.15) is 5.75 Å². The molecule has 0 fully saturated rings. The van der Waals surface area contributed by atoms with E-state index in [9.17, 15) is 0 Å². The maximum Gasteiger partial charge on any atom is 0.123 e. The van der Waals surface area contributed by atoms with Crippen LogP contribution in [0, 0.1) is 16.7 Å². The van der Waals surface area contributed by atoms with Crippen molar-refractivity contribution in [2.24, 2.45) is 5.41 Å². The fourth-order valence-corrected chi connectivity index (χ4v) is 1.67. The molecule has 0 heterocycles. The van der Waals surface area contributed by atoms with Crippen LogP contribution in [0.4, 0.5) is 0 Å². The van der Waals surface area contributed by atoms with Gasteiger partial charge in [0.25, 0.3) is 0 Å². The lowest BCUT2D eigenvalue weighted by Gasteiger charge is -2.16. The number of nitrogens with zero attached hydrogens (tertiary/aromatic N) is 1. The van der Waals surface area contributed by atoms with Crippen LogP contribution in [-0.2, 0) is 5.88 Å². The van der Waals surface area contributed by atoms with Crippen LogP contribution in [0.5, 0.6) is 5.75 Å². The highest BCUT2D eigenvalue weighted by Gasteiger charge is 2.16. The van der Waals surface area contributed by atoms with Crippen LogP contribution in [0.2, 0.25) is 5.02 Å². The number of ether oxygens (including phenoxy) is 1. The number of alkyl halides is 1. The topological polar surface area (TPSA) is 33.0 Å². The van der Waals surface area contributed by atoms with Gasteiger partial charge in [-0.15, -0.1) is 11.6 Å². The third-order valence-electron chi connectivity index (χ3n) is 2.45. The van der Waals surface area contributed by atoms with Crippen molar-refractivity contribution < 1.29 is 4.74 Å². The second-order valence-electron chi connectivity index (χ2n) is 4.48. The molecule has 0 aromatic heterocycles. The van der Waals surface area contributed by atoms with Crippen molar-refractivity contribution in [2.45, 2.75) is 26.1 Å². The number of hydrogen-bond donors (Lipinski definition) is 0. The zero-order valence-electron chi connectivity index (χ0n) is 9.96. The van der Waals surface area contributed by atoms with Crippen molar-refractivity contribution in [2.75, 3.05) is 6.61 Å². The fraction of sp³-hybridized carbons (Fsp3) is 0.462. The van der Waals surface area contributed by atoms with Gasteiger partial charge in [0.15, 0.2) is 0 Å². The highest BCUT2D eigenvalue weighted by molar-refractivity contribution is 6.30. The van der Waals surface area contributed by atoms with Crippen molar-refractivity contribution in [3.63, 3.8) is 0 Å². The van der Waals surface area contributed by atoms with Crippen LogP contribution >= 0.6 is 23.2 Å². The molecule has 2 nitrogen and oxygen atoms in total. The van der Waals surface area contributed by atoms with E-state index in [0.29, 0.717) is 23.9 Å². The van der Waals surface area contributed by atoms with Crippen molar-refractivity contribution in [3.05, 3.63) is 28.8 Å². The van der Waals surface area contributed by atoms with Crippen molar-refractivity contribution in [1.29, 1.82) is 5.26 Å². The predicted molar refractivity (Wildman–Crippen MR) is 70.5 cm³/mol. The molecule has 4 heteroatoms. The largest absolute Gasteiger partial charge is 0.493 e.